The van der Waals surface area contributed by atoms with Crippen molar-refractivity contribution in [2.24, 2.45) is 0 Å². The maximum atomic E-state index is 2.44. The van der Waals surface area contributed by atoms with Crippen LogP contribution in [0, 0.1) is 0 Å². The monoisotopic (exact) mass is 729 g/mol. The molecule has 11 rings (SSSR count). The number of hydrogen-bond acceptors (Lipinski definition) is 2. The summed E-state index contributed by atoms with van der Waals surface area (Å²) in [6, 6.07) is 77.7. The average Bonchev–Trinajstić information content (AvgIpc) is 3.66. The highest BCUT2D eigenvalue weighted by Crippen LogP contribution is 2.46. The van der Waals surface area contributed by atoms with Gasteiger partial charge in [0.1, 0.15) is 0 Å². The van der Waals surface area contributed by atoms with E-state index in [1.165, 1.54) is 91.6 Å². The van der Waals surface area contributed by atoms with E-state index in [1.807, 2.05) is 11.3 Å². The molecule has 0 radical (unpaired) electrons. The first-order valence-corrected chi connectivity index (χ1v) is 20.0. The van der Waals surface area contributed by atoms with Gasteiger partial charge in [-0.3, -0.25) is 0 Å². The molecule has 262 valence electrons. The van der Waals surface area contributed by atoms with Gasteiger partial charge in [-0.1, -0.05) is 164 Å². The molecule has 0 spiro atoms. The summed E-state index contributed by atoms with van der Waals surface area (Å²) >= 11 is 1.87. The molecule has 0 saturated heterocycles. The molecule has 0 unspecified atom stereocenters. The van der Waals surface area contributed by atoms with Gasteiger partial charge in [-0.05, 0) is 114 Å². The minimum absolute atomic E-state index is 1.12. The number of rotatable bonds is 6. The van der Waals surface area contributed by atoms with Crippen molar-refractivity contribution < 1.29 is 0 Å². The Kier molecular flexibility index (Phi) is 7.75. The minimum atomic E-state index is 1.12. The molecule has 10 aromatic carbocycles. The fourth-order valence-electron chi connectivity index (χ4n) is 8.59. The van der Waals surface area contributed by atoms with Crippen LogP contribution in [0.15, 0.2) is 212 Å². The van der Waals surface area contributed by atoms with Crippen LogP contribution >= 0.6 is 11.3 Å². The van der Waals surface area contributed by atoms with Crippen LogP contribution in [-0.2, 0) is 0 Å². The molecule has 0 aliphatic rings. The van der Waals surface area contributed by atoms with Crippen molar-refractivity contribution in [3.05, 3.63) is 212 Å². The molecular formula is C54H35NS. The molecule has 0 fully saturated rings. The number of nitrogens with zero attached hydrogens (tertiary/aromatic N) is 1. The first-order valence-electron chi connectivity index (χ1n) is 19.2. The summed E-state index contributed by atoms with van der Waals surface area (Å²) in [4.78, 5) is 2.44. The van der Waals surface area contributed by atoms with Crippen LogP contribution in [0.4, 0.5) is 17.1 Å². The Labute approximate surface area is 330 Å². The Balaban J connectivity index is 1.06. The van der Waals surface area contributed by atoms with Crippen molar-refractivity contribution in [3.63, 3.8) is 0 Å². The summed E-state index contributed by atoms with van der Waals surface area (Å²) in [5.74, 6) is 0. The Morgan fingerprint density at radius 1 is 0.304 bits per heavy atom. The van der Waals surface area contributed by atoms with E-state index in [0.29, 0.717) is 0 Å². The smallest absolute Gasteiger partial charge is 0.0640 e. The number of anilines is 3. The third-order valence-electron chi connectivity index (χ3n) is 11.2. The highest BCUT2D eigenvalue weighted by Gasteiger charge is 2.19. The average molecular weight is 730 g/mol. The van der Waals surface area contributed by atoms with E-state index < -0.39 is 0 Å². The summed E-state index contributed by atoms with van der Waals surface area (Å²) in [7, 11) is 0. The zero-order valence-electron chi connectivity index (χ0n) is 30.6. The standard InChI is InChI=1S/C54H35NS/c1-3-20-44-36(13-1)15-11-25-45(44)40-18-9-16-38(33-40)39-17-10-19-43(34-39)55(52-27-12-26-50-49-24-7-8-28-53(49)56-54(50)52)42-31-29-37(30-32-42)51-35-41-14-2-4-21-46(41)47-22-5-6-23-48(47)51/h1-35H. The second-order valence-electron chi connectivity index (χ2n) is 14.5. The maximum absolute atomic E-state index is 2.44. The van der Waals surface area contributed by atoms with E-state index in [9.17, 15) is 0 Å². The predicted octanol–water partition coefficient (Wildman–Crippen LogP) is 16.0. The number of hydrogen-bond donors (Lipinski definition) is 0. The van der Waals surface area contributed by atoms with Gasteiger partial charge in [-0.2, -0.15) is 0 Å². The molecule has 11 aromatic rings. The summed E-state index contributed by atoms with van der Waals surface area (Å²) in [6.45, 7) is 0. The quantitative estimate of drug-likeness (QED) is 0.154. The van der Waals surface area contributed by atoms with E-state index in [4.69, 9.17) is 0 Å². The topological polar surface area (TPSA) is 3.24 Å². The largest absolute Gasteiger partial charge is 0.309 e. The number of fused-ring (bicyclic) bond motifs is 7. The summed E-state index contributed by atoms with van der Waals surface area (Å²) in [5, 5.41) is 10.2. The zero-order chi connectivity index (χ0) is 37.0. The Morgan fingerprint density at radius 3 is 1.77 bits per heavy atom. The van der Waals surface area contributed by atoms with Crippen LogP contribution in [0.25, 0.3) is 85.9 Å². The van der Waals surface area contributed by atoms with Gasteiger partial charge >= 0.3 is 0 Å². The first kappa shape index (κ1) is 32.4. The van der Waals surface area contributed by atoms with Crippen molar-refractivity contribution in [3.8, 4) is 33.4 Å². The molecular weight excluding hydrogens is 695 g/mol. The highest BCUT2D eigenvalue weighted by atomic mass is 32.1. The third kappa shape index (κ3) is 5.46. The number of benzene rings is 10. The van der Waals surface area contributed by atoms with E-state index in [1.54, 1.807) is 0 Å². The molecule has 0 N–H and O–H groups in total. The number of thiophene rings is 1. The lowest BCUT2D eigenvalue weighted by Crippen LogP contribution is -2.10. The molecule has 56 heavy (non-hydrogen) atoms. The summed E-state index contributed by atoms with van der Waals surface area (Å²) < 4.78 is 2.58. The van der Waals surface area contributed by atoms with Gasteiger partial charge in [0.2, 0.25) is 0 Å². The molecule has 1 heterocycles. The molecule has 0 amide bonds. The van der Waals surface area contributed by atoms with Crippen LogP contribution in [-0.4, -0.2) is 0 Å². The van der Waals surface area contributed by atoms with Gasteiger partial charge in [-0.15, -0.1) is 11.3 Å². The maximum Gasteiger partial charge on any atom is 0.0640 e. The Morgan fingerprint density at radius 2 is 0.911 bits per heavy atom. The van der Waals surface area contributed by atoms with Crippen LogP contribution < -0.4 is 4.90 Å². The van der Waals surface area contributed by atoms with Gasteiger partial charge in [-0.25, -0.2) is 0 Å². The molecule has 0 saturated carbocycles. The SMILES string of the molecule is c1cc(-c2cccc(N(c3ccc(-c4cc5ccccc5c5ccccc45)cc3)c3cccc4c3sc3ccccc34)c2)cc(-c2cccc3ccccc23)c1. The van der Waals surface area contributed by atoms with E-state index >= 15 is 0 Å². The predicted molar refractivity (Wildman–Crippen MR) is 243 cm³/mol. The lowest BCUT2D eigenvalue weighted by atomic mass is 9.93. The van der Waals surface area contributed by atoms with Crippen LogP contribution in [0.3, 0.4) is 0 Å². The van der Waals surface area contributed by atoms with Crippen molar-refractivity contribution >= 4 is 80.9 Å². The van der Waals surface area contributed by atoms with Gasteiger partial charge in [0.05, 0.1) is 10.4 Å². The van der Waals surface area contributed by atoms with Crippen molar-refractivity contribution in [1.82, 2.24) is 0 Å². The van der Waals surface area contributed by atoms with Gasteiger partial charge in [0.15, 0.2) is 0 Å². The first-order chi connectivity index (χ1) is 27.8. The third-order valence-corrected chi connectivity index (χ3v) is 12.4. The molecule has 0 atom stereocenters. The normalized spacial score (nSPS) is 11.6. The Bertz CT molecular complexity index is 3260. The summed E-state index contributed by atoms with van der Waals surface area (Å²) in [6.07, 6.45) is 0. The second kappa shape index (κ2) is 13.4. The van der Waals surface area contributed by atoms with Crippen LogP contribution in [0.2, 0.25) is 0 Å². The van der Waals surface area contributed by atoms with E-state index in [2.05, 4.69) is 217 Å². The zero-order valence-corrected chi connectivity index (χ0v) is 31.4. The van der Waals surface area contributed by atoms with Gasteiger partial charge in [0, 0.05) is 26.8 Å². The minimum Gasteiger partial charge on any atom is -0.309 e. The lowest BCUT2D eigenvalue weighted by molar-refractivity contribution is 1.30. The molecule has 1 aromatic heterocycles. The highest BCUT2D eigenvalue weighted by molar-refractivity contribution is 7.26. The molecule has 0 bridgehead atoms. The molecule has 1 nitrogen and oxygen atoms in total. The van der Waals surface area contributed by atoms with Gasteiger partial charge in [0.25, 0.3) is 0 Å². The molecule has 2 heteroatoms. The van der Waals surface area contributed by atoms with E-state index in [0.717, 1.165) is 11.4 Å². The summed E-state index contributed by atoms with van der Waals surface area (Å²) in [5.41, 5.74) is 10.7. The van der Waals surface area contributed by atoms with E-state index in [-0.39, 0.29) is 0 Å². The molecule has 0 aliphatic carbocycles. The van der Waals surface area contributed by atoms with Crippen LogP contribution in [0.1, 0.15) is 0 Å². The lowest BCUT2D eigenvalue weighted by Gasteiger charge is -2.27. The second-order valence-corrected chi connectivity index (χ2v) is 15.5. The van der Waals surface area contributed by atoms with Crippen LogP contribution in [0.5, 0.6) is 0 Å². The van der Waals surface area contributed by atoms with Gasteiger partial charge < -0.3 is 4.90 Å². The van der Waals surface area contributed by atoms with Crippen molar-refractivity contribution in [2.75, 3.05) is 4.90 Å². The van der Waals surface area contributed by atoms with Crippen molar-refractivity contribution in [2.45, 2.75) is 0 Å². The fraction of sp³-hybridized carbons (Fsp3) is 0. The fourth-order valence-corrected chi connectivity index (χ4v) is 9.79. The molecule has 0 aliphatic heterocycles. The Hall–Kier alpha value is -7.00. The van der Waals surface area contributed by atoms with Crippen molar-refractivity contribution in [1.29, 1.82) is 0 Å².